The molecule has 1 heterocycles. The molecule has 0 amide bonds. The van der Waals surface area contributed by atoms with Crippen molar-refractivity contribution in [3.8, 4) is 0 Å². The van der Waals surface area contributed by atoms with Crippen LogP contribution < -0.4 is 4.72 Å². The van der Waals surface area contributed by atoms with Crippen LogP contribution in [0.4, 0.5) is 0 Å². The van der Waals surface area contributed by atoms with E-state index < -0.39 is 16.3 Å². The summed E-state index contributed by atoms with van der Waals surface area (Å²) in [4.78, 5) is 0. The standard InChI is InChI=1S/C7H16N6O2S/c1-5(2)13(4)16(14,15)10-6(3)7-8-11-12-9-7/h5-6,10H,1-4H3,(H,8,9,11,12). The zero-order chi connectivity index (χ0) is 12.3. The molecule has 0 saturated heterocycles. The Morgan fingerprint density at radius 2 is 2.00 bits per heavy atom. The van der Waals surface area contributed by atoms with Gasteiger partial charge in [-0.05, 0) is 20.8 Å². The third-order valence-corrected chi connectivity index (χ3v) is 4.01. The van der Waals surface area contributed by atoms with Crippen molar-refractivity contribution < 1.29 is 8.42 Å². The number of H-pyrrole nitrogens is 1. The number of hydrogen-bond donors (Lipinski definition) is 2. The number of tetrazole rings is 1. The minimum absolute atomic E-state index is 0.116. The molecule has 8 nitrogen and oxygen atoms in total. The molecule has 16 heavy (non-hydrogen) atoms. The van der Waals surface area contributed by atoms with E-state index in [9.17, 15) is 8.42 Å². The molecule has 1 unspecified atom stereocenters. The highest BCUT2D eigenvalue weighted by Crippen LogP contribution is 2.09. The Morgan fingerprint density at radius 1 is 1.38 bits per heavy atom. The summed E-state index contributed by atoms with van der Waals surface area (Å²) in [6.45, 7) is 5.23. The molecule has 1 rings (SSSR count). The van der Waals surface area contributed by atoms with Crippen molar-refractivity contribution >= 4 is 10.2 Å². The highest BCUT2D eigenvalue weighted by molar-refractivity contribution is 7.87. The van der Waals surface area contributed by atoms with Crippen molar-refractivity contribution in [3.05, 3.63) is 5.82 Å². The van der Waals surface area contributed by atoms with Crippen LogP contribution in [0.1, 0.15) is 32.6 Å². The van der Waals surface area contributed by atoms with Crippen molar-refractivity contribution in [2.24, 2.45) is 0 Å². The van der Waals surface area contributed by atoms with Gasteiger partial charge in [0.2, 0.25) is 0 Å². The van der Waals surface area contributed by atoms with Crippen LogP contribution in [-0.2, 0) is 10.2 Å². The SMILES string of the molecule is CC(NS(=O)(=O)N(C)C(C)C)c1nn[nH]n1. The summed E-state index contributed by atoms with van der Waals surface area (Å²) < 4.78 is 27.3. The molecule has 9 heteroatoms. The zero-order valence-corrected chi connectivity index (χ0v) is 10.5. The molecule has 0 aliphatic rings. The van der Waals surface area contributed by atoms with Crippen LogP contribution in [0.2, 0.25) is 0 Å². The molecule has 0 aliphatic carbocycles. The van der Waals surface area contributed by atoms with Gasteiger partial charge in [0.1, 0.15) is 0 Å². The van der Waals surface area contributed by atoms with Crippen LogP contribution in [-0.4, -0.2) is 46.4 Å². The van der Waals surface area contributed by atoms with Gasteiger partial charge in [-0.15, -0.1) is 10.2 Å². The Labute approximate surface area is 94.6 Å². The fourth-order valence-electron chi connectivity index (χ4n) is 0.990. The van der Waals surface area contributed by atoms with Crippen LogP contribution >= 0.6 is 0 Å². The van der Waals surface area contributed by atoms with Crippen LogP contribution in [0.15, 0.2) is 0 Å². The molecule has 0 aliphatic heterocycles. The van der Waals surface area contributed by atoms with E-state index in [0.29, 0.717) is 5.82 Å². The highest BCUT2D eigenvalue weighted by atomic mass is 32.2. The van der Waals surface area contributed by atoms with E-state index in [0.717, 1.165) is 0 Å². The van der Waals surface area contributed by atoms with Gasteiger partial charge in [0.15, 0.2) is 5.82 Å². The normalized spacial score (nSPS) is 14.6. The maximum Gasteiger partial charge on any atom is 0.280 e. The van der Waals surface area contributed by atoms with E-state index in [4.69, 9.17) is 0 Å². The molecule has 0 saturated carbocycles. The van der Waals surface area contributed by atoms with Gasteiger partial charge in [-0.25, -0.2) is 0 Å². The first-order chi connectivity index (χ1) is 7.34. The fraction of sp³-hybridized carbons (Fsp3) is 0.857. The molecule has 2 N–H and O–H groups in total. The second kappa shape index (κ2) is 4.85. The third kappa shape index (κ3) is 2.97. The first kappa shape index (κ1) is 13.0. The monoisotopic (exact) mass is 248 g/mol. The lowest BCUT2D eigenvalue weighted by atomic mass is 10.4. The van der Waals surface area contributed by atoms with Gasteiger partial charge in [0.25, 0.3) is 10.2 Å². The first-order valence-corrected chi connectivity index (χ1v) is 6.27. The molecule has 0 fully saturated rings. The van der Waals surface area contributed by atoms with E-state index in [1.54, 1.807) is 20.8 Å². The zero-order valence-electron chi connectivity index (χ0n) is 9.67. The van der Waals surface area contributed by atoms with Crippen molar-refractivity contribution in [3.63, 3.8) is 0 Å². The number of nitrogens with zero attached hydrogens (tertiary/aromatic N) is 4. The fourth-order valence-corrected chi connectivity index (χ4v) is 2.26. The molecule has 0 aromatic carbocycles. The van der Waals surface area contributed by atoms with Gasteiger partial charge in [0, 0.05) is 13.1 Å². The Hall–Kier alpha value is -1.06. The van der Waals surface area contributed by atoms with E-state index in [1.165, 1.54) is 11.4 Å². The summed E-state index contributed by atoms with van der Waals surface area (Å²) in [5.74, 6) is 0.306. The predicted molar refractivity (Wildman–Crippen MR) is 57.5 cm³/mol. The van der Waals surface area contributed by atoms with Gasteiger partial charge in [0.05, 0.1) is 6.04 Å². The average Bonchev–Trinajstić information content (AvgIpc) is 2.68. The number of nitrogens with one attached hydrogen (secondary N) is 2. The summed E-state index contributed by atoms with van der Waals surface area (Å²) in [6, 6.07) is -0.639. The van der Waals surface area contributed by atoms with Gasteiger partial charge in [-0.3, -0.25) is 0 Å². The maximum atomic E-state index is 11.8. The molecule has 92 valence electrons. The Bertz CT molecular complexity index is 414. The molecule has 0 spiro atoms. The van der Waals surface area contributed by atoms with Crippen molar-refractivity contribution in [1.82, 2.24) is 29.7 Å². The first-order valence-electron chi connectivity index (χ1n) is 4.83. The lowest BCUT2D eigenvalue weighted by Crippen LogP contribution is -2.43. The number of rotatable bonds is 5. The lowest BCUT2D eigenvalue weighted by molar-refractivity contribution is 0.397. The summed E-state index contributed by atoms with van der Waals surface area (Å²) in [7, 11) is -2.01. The van der Waals surface area contributed by atoms with Crippen LogP contribution in [0.3, 0.4) is 0 Å². The number of aromatic nitrogens is 4. The smallest absolute Gasteiger partial charge is 0.195 e. The van der Waals surface area contributed by atoms with Gasteiger partial charge in [-0.2, -0.15) is 22.7 Å². The molecule has 1 aromatic heterocycles. The van der Waals surface area contributed by atoms with Gasteiger partial charge < -0.3 is 0 Å². The van der Waals surface area contributed by atoms with E-state index in [-0.39, 0.29) is 6.04 Å². The molecule has 1 atom stereocenters. The minimum Gasteiger partial charge on any atom is -0.195 e. The second-order valence-electron chi connectivity index (χ2n) is 3.72. The van der Waals surface area contributed by atoms with Crippen LogP contribution in [0.25, 0.3) is 0 Å². The average molecular weight is 248 g/mol. The van der Waals surface area contributed by atoms with Gasteiger partial charge in [-0.1, -0.05) is 5.21 Å². The van der Waals surface area contributed by atoms with Crippen molar-refractivity contribution in [2.75, 3.05) is 7.05 Å². The molecular weight excluding hydrogens is 232 g/mol. The Balaban J connectivity index is 2.74. The molecular formula is C7H16N6O2S. The summed E-state index contributed by atoms with van der Waals surface area (Å²) in [5.41, 5.74) is 0. The summed E-state index contributed by atoms with van der Waals surface area (Å²) >= 11 is 0. The number of hydrogen-bond acceptors (Lipinski definition) is 5. The molecule has 1 aromatic rings. The van der Waals surface area contributed by atoms with Crippen molar-refractivity contribution in [1.29, 1.82) is 0 Å². The molecule has 0 radical (unpaired) electrons. The van der Waals surface area contributed by atoms with Crippen molar-refractivity contribution in [2.45, 2.75) is 32.9 Å². The Kier molecular flexibility index (Phi) is 3.94. The predicted octanol–water partition coefficient (Wildman–Crippen LogP) is -0.565. The lowest BCUT2D eigenvalue weighted by Gasteiger charge is -2.22. The minimum atomic E-state index is -3.52. The maximum absolute atomic E-state index is 11.8. The van der Waals surface area contributed by atoms with Gasteiger partial charge >= 0.3 is 0 Å². The Morgan fingerprint density at radius 3 is 2.44 bits per heavy atom. The molecule has 0 bridgehead atoms. The van der Waals surface area contributed by atoms with Crippen LogP contribution in [0, 0.1) is 0 Å². The van der Waals surface area contributed by atoms with E-state index in [1.807, 2.05) is 0 Å². The quantitative estimate of drug-likeness (QED) is 0.726. The second-order valence-corrected chi connectivity index (χ2v) is 5.49. The third-order valence-electron chi connectivity index (χ3n) is 2.18. The van der Waals surface area contributed by atoms with Crippen LogP contribution in [0.5, 0.6) is 0 Å². The summed E-state index contributed by atoms with van der Waals surface area (Å²) in [6.07, 6.45) is 0. The topological polar surface area (TPSA) is 104 Å². The van der Waals surface area contributed by atoms with E-state index >= 15 is 0 Å². The highest BCUT2D eigenvalue weighted by Gasteiger charge is 2.24. The van der Waals surface area contributed by atoms with E-state index in [2.05, 4.69) is 25.3 Å². The largest absolute Gasteiger partial charge is 0.280 e. The number of aromatic amines is 1. The summed E-state index contributed by atoms with van der Waals surface area (Å²) in [5, 5.41) is 13.1.